The van der Waals surface area contributed by atoms with Gasteiger partial charge in [-0.3, -0.25) is 0 Å². The van der Waals surface area contributed by atoms with Crippen LogP contribution in [0.25, 0.3) is 49.5 Å². The number of rotatable bonds is 7. The number of oxime groups is 1. The monoisotopic (exact) mass is 877 g/mol. The SMILES string of the molecule is CC(C)(C)Oc1ccc(-c2noc(-c3ccc4[nH]ccc4c3)n2)cc1.CC(C)(C)Oc1ccc(/C(N)=N/O)cc1.O=C(O)c1ccc2[nH]ccc2c1.[C-]#[N+]c1ccc(OC(C)(C)C)cc1. The maximum atomic E-state index is 10.6. The highest BCUT2D eigenvalue weighted by atomic mass is 16.5. The first kappa shape index (κ1) is 48.0. The number of fused-ring (bicyclic) bond motifs is 2. The van der Waals surface area contributed by atoms with Crippen molar-refractivity contribution in [1.29, 1.82) is 0 Å². The van der Waals surface area contributed by atoms with Gasteiger partial charge in [-0.05, 0) is 172 Å². The fraction of sp³-hybridized carbons (Fsp3) is 0.235. The number of aromatic nitrogens is 4. The molecule has 0 amide bonds. The number of carbonyl (C=O) groups is 1. The molecule has 336 valence electrons. The van der Waals surface area contributed by atoms with Crippen molar-refractivity contribution in [1.82, 2.24) is 20.1 Å². The van der Waals surface area contributed by atoms with Crippen molar-refractivity contribution in [2.24, 2.45) is 10.9 Å². The van der Waals surface area contributed by atoms with Gasteiger partial charge < -0.3 is 44.7 Å². The standard InChI is InChI=1S/C20H19N3O2.C11H16N2O2.C11H13NO.C9H7NO2/c1-20(2,3)24-16-7-4-13(5-8-16)18-22-19(25-23-18)15-6-9-17-14(12-15)10-11-21-17;1-11(2,3)15-9-6-4-8(5-7-9)10(12)13-14;1-11(2,3)13-10-7-5-9(12-4)6-8-10;11-9(12)7-1-2-8-6(5-7)3-4-10-8/h4-12,21H,1-3H3;4-7,14H,1-3H3,(H2,12,13);5-8H,1-3H3;1-5,10H,(H,11,12). The number of nitrogens with zero attached hydrogens (tertiary/aromatic N) is 4. The molecule has 0 aliphatic rings. The lowest BCUT2D eigenvalue weighted by Gasteiger charge is -2.21. The third-order valence-corrected chi connectivity index (χ3v) is 8.63. The first-order chi connectivity index (χ1) is 30.7. The Bertz CT molecular complexity index is 2850. The molecule has 0 fully saturated rings. The first-order valence-corrected chi connectivity index (χ1v) is 20.6. The van der Waals surface area contributed by atoms with Crippen LogP contribution in [-0.2, 0) is 0 Å². The van der Waals surface area contributed by atoms with Gasteiger partial charge in [0.1, 0.15) is 34.1 Å². The molecule has 0 bridgehead atoms. The molecule has 6 N–H and O–H groups in total. The zero-order valence-electron chi connectivity index (χ0n) is 38.0. The van der Waals surface area contributed by atoms with Gasteiger partial charge in [0.2, 0.25) is 5.82 Å². The van der Waals surface area contributed by atoms with Crippen LogP contribution < -0.4 is 19.9 Å². The lowest BCUT2D eigenvalue weighted by Crippen LogP contribution is -2.23. The number of H-pyrrole nitrogens is 2. The molecule has 8 rings (SSSR count). The molecular formula is C51H55N7O7. The number of benzene rings is 5. The van der Waals surface area contributed by atoms with Crippen LogP contribution in [0.2, 0.25) is 0 Å². The van der Waals surface area contributed by atoms with Crippen molar-refractivity contribution in [3.63, 3.8) is 0 Å². The topological polar surface area (TPSA) is 198 Å². The lowest BCUT2D eigenvalue weighted by molar-refractivity contribution is 0.0696. The van der Waals surface area contributed by atoms with Gasteiger partial charge in [0.15, 0.2) is 11.5 Å². The summed E-state index contributed by atoms with van der Waals surface area (Å²) in [5.74, 6) is 2.66. The molecule has 0 spiro atoms. The van der Waals surface area contributed by atoms with Crippen molar-refractivity contribution in [3.05, 3.63) is 156 Å². The van der Waals surface area contributed by atoms with Gasteiger partial charge >= 0.3 is 5.97 Å². The van der Waals surface area contributed by atoms with Crippen molar-refractivity contribution in [2.75, 3.05) is 0 Å². The number of carboxylic acids is 1. The Morgan fingerprint density at radius 2 is 1.09 bits per heavy atom. The maximum Gasteiger partial charge on any atom is 0.335 e. The van der Waals surface area contributed by atoms with Crippen molar-refractivity contribution in [3.8, 4) is 40.1 Å². The molecule has 14 heteroatoms. The Morgan fingerprint density at radius 3 is 1.57 bits per heavy atom. The minimum atomic E-state index is -0.891. The Balaban J connectivity index is 0.000000172. The number of hydrogen-bond acceptors (Lipinski definition) is 9. The fourth-order valence-corrected chi connectivity index (χ4v) is 5.90. The molecular weight excluding hydrogens is 823 g/mol. The summed E-state index contributed by atoms with van der Waals surface area (Å²) >= 11 is 0. The zero-order valence-corrected chi connectivity index (χ0v) is 38.0. The summed E-state index contributed by atoms with van der Waals surface area (Å²) in [4.78, 5) is 24.5. The summed E-state index contributed by atoms with van der Waals surface area (Å²) in [5, 5.41) is 26.2. The summed E-state index contributed by atoms with van der Waals surface area (Å²) in [7, 11) is 0. The minimum absolute atomic E-state index is 0.0947. The minimum Gasteiger partial charge on any atom is -0.488 e. The quantitative estimate of drug-likeness (QED) is 0.0337. The molecule has 5 aromatic carbocycles. The van der Waals surface area contributed by atoms with E-state index < -0.39 is 5.97 Å². The normalized spacial score (nSPS) is 11.5. The molecule has 0 saturated heterocycles. The van der Waals surface area contributed by atoms with Crippen molar-refractivity contribution < 1.29 is 33.8 Å². The third-order valence-electron chi connectivity index (χ3n) is 8.63. The molecule has 0 radical (unpaired) electrons. The molecule has 8 aromatic rings. The summed E-state index contributed by atoms with van der Waals surface area (Å²) in [6.45, 7) is 24.8. The molecule has 0 aliphatic carbocycles. The van der Waals surface area contributed by atoms with E-state index in [0.29, 0.717) is 28.5 Å². The van der Waals surface area contributed by atoms with Crippen molar-refractivity contribution >= 4 is 39.3 Å². The predicted molar refractivity (Wildman–Crippen MR) is 255 cm³/mol. The maximum absolute atomic E-state index is 10.6. The zero-order chi connectivity index (χ0) is 47.4. The molecule has 0 saturated carbocycles. The van der Waals surface area contributed by atoms with E-state index in [-0.39, 0.29) is 22.6 Å². The molecule has 3 heterocycles. The number of aromatic carboxylic acids is 1. The van der Waals surface area contributed by atoms with Crippen LogP contribution >= 0.6 is 0 Å². The Kier molecular flexibility index (Phi) is 15.4. The number of amidine groups is 1. The number of aromatic amines is 2. The number of nitrogens with one attached hydrogen (secondary N) is 2. The van der Waals surface area contributed by atoms with Gasteiger partial charge in [-0.2, -0.15) is 4.98 Å². The van der Waals surface area contributed by atoms with Gasteiger partial charge in [0, 0.05) is 50.9 Å². The van der Waals surface area contributed by atoms with E-state index >= 15 is 0 Å². The van der Waals surface area contributed by atoms with Gasteiger partial charge in [0.05, 0.1) is 12.1 Å². The van der Waals surface area contributed by atoms with Crippen LogP contribution in [0.5, 0.6) is 17.2 Å². The fourth-order valence-electron chi connectivity index (χ4n) is 5.90. The Morgan fingerprint density at radius 1 is 0.646 bits per heavy atom. The second kappa shape index (κ2) is 20.9. The van der Waals surface area contributed by atoms with Gasteiger partial charge in [-0.15, -0.1) is 0 Å². The van der Waals surface area contributed by atoms with Crippen LogP contribution in [0.3, 0.4) is 0 Å². The Hall–Kier alpha value is -8.05. The van der Waals surface area contributed by atoms with Gasteiger partial charge in [0.25, 0.3) is 5.89 Å². The number of carboxylic acid groups (broad SMARTS) is 1. The first-order valence-electron chi connectivity index (χ1n) is 20.6. The third kappa shape index (κ3) is 15.1. The van der Waals surface area contributed by atoms with E-state index in [4.69, 9.17) is 41.4 Å². The largest absolute Gasteiger partial charge is 0.488 e. The van der Waals surface area contributed by atoms with Crippen LogP contribution in [0.4, 0.5) is 5.69 Å². The summed E-state index contributed by atoms with van der Waals surface area (Å²) in [6.07, 6.45) is 3.70. The number of nitrogens with two attached hydrogens (primary N) is 1. The number of ether oxygens (including phenoxy) is 3. The van der Waals surface area contributed by atoms with E-state index in [1.807, 2.05) is 135 Å². The van der Waals surface area contributed by atoms with Crippen LogP contribution in [-0.4, -0.2) is 59.0 Å². The van der Waals surface area contributed by atoms with E-state index in [1.54, 1.807) is 60.8 Å². The molecule has 65 heavy (non-hydrogen) atoms. The van der Waals surface area contributed by atoms with Crippen LogP contribution in [0.1, 0.15) is 78.2 Å². The average Bonchev–Trinajstić information content (AvgIpc) is 4.05. The summed E-state index contributed by atoms with van der Waals surface area (Å²) in [6, 6.07) is 36.8. The van der Waals surface area contributed by atoms with Gasteiger partial charge in [-0.25, -0.2) is 9.64 Å². The predicted octanol–water partition coefficient (Wildman–Crippen LogP) is 12.3. The van der Waals surface area contributed by atoms with Gasteiger partial charge in [-0.1, -0.05) is 22.4 Å². The van der Waals surface area contributed by atoms with Crippen LogP contribution in [0.15, 0.2) is 143 Å². The molecule has 0 atom stereocenters. The van der Waals surface area contributed by atoms with E-state index in [9.17, 15) is 4.79 Å². The van der Waals surface area contributed by atoms with E-state index in [2.05, 4.69) is 30.1 Å². The highest BCUT2D eigenvalue weighted by Crippen LogP contribution is 2.28. The molecule has 14 nitrogen and oxygen atoms in total. The second-order valence-electron chi connectivity index (χ2n) is 17.6. The van der Waals surface area contributed by atoms with E-state index in [0.717, 1.165) is 50.2 Å². The lowest BCUT2D eigenvalue weighted by atomic mass is 10.1. The van der Waals surface area contributed by atoms with E-state index in [1.165, 1.54) is 0 Å². The number of hydrogen-bond donors (Lipinski definition) is 5. The molecule has 3 aromatic heterocycles. The molecule has 0 aliphatic heterocycles. The van der Waals surface area contributed by atoms with Crippen LogP contribution in [0, 0.1) is 6.57 Å². The smallest absolute Gasteiger partial charge is 0.335 e. The highest BCUT2D eigenvalue weighted by molar-refractivity contribution is 5.97. The summed E-state index contributed by atoms with van der Waals surface area (Å²) < 4.78 is 22.5. The average molecular weight is 878 g/mol. The Labute approximate surface area is 378 Å². The van der Waals surface area contributed by atoms with Crippen molar-refractivity contribution in [2.45, 2.75) is 79.1 Å². The second-order valence-corrected chi connectivity index (χ2v) is 17.6. The highest BCUT2D eigenvalue weighted by Gasteiger charge is 2.15. The summed E-state index contributed by atoms with van der Waals surface area (Å²) in [5.41, 5.74) is 10.3. The molecule has 0 unspecified atom stereocenters.